The van der Waals surface area contributed by atoms with Crippen LogP contribution in [0.2, 0.25) is 5.02 Å². The molecule has 1 aliphatic rings. The van der Waals surface area contributed by atoms with E-state index in [-0.39, 0.29) is 10.8 Å². The molecule has 2 aromatic rings. The van der Waals surface area contributed by atoms with E-state index in [1.54, 1.807) is 36.4 Å². The Morgan fingerprint density at radius 3 is 2.64 bits per heavy atom. The van der Waals surface area contributed by atoms with E-state index in [9.17, 15) is 13.2 Å². The molecule has 0 atom stereocenters. The minimum Gasteiger partial charge on any atom is -0.321 e. The maximum Gasteiger partial charge on any atom is 0.256 e. The number of nitrogens with one attached hydrogen (secondary N) is 1. The van der Waals surface area contributed by atoms with Gasteiger partial charge in [-0.25, -0.2) is 13.6 Å². The van der Waals surface area contributed by atoms with Crippen molar-refractivity contribution in [2.45, 2.75) is 4.90 Å². The number of amides is 1. The number of nitrogens with two attached hydrogens (primary N) is 1. The van der Waals surface area contributed by atoms with Crippen LogP contribution in [0.5, 0.6) is 0 Å². The molecule has 0 aliphatic carbocycles. The molecule has 0 saturated carbocycles. The highest BCUT2D eigenvalue weighted by molar-refractivity contribution is 7.89. The molecule has 3 rings (SSSR count). The van der Waals surface area contributed by atoms with Crippen molar-refractivity contribution >= 4 is 44.9 Å². The molecule has 0 saturated heterocycles. The van der Waals surface area contributed by atoms with Crippen LogP contribution in [-0.2, 0) is 14.8 Å². The molecule has 0 radical (unpaired) electrons. The zero-order valence-electron chi connectivity index (χ0n) is 11.2. The number of sulfonamides is 1. The molecule has 22 heavy (non-hydrogen) atoms. The van der Waals surface area contributed by atoms with Crippen LogP contribution in [-0.4, -0.2) is 14.3 Å². The van der Waals surface area contributed by atoms with E-state index >= 15 is 0 Å². The van der Waals surface area contributed by atoms with E-state index in [1.807, 2.05) is 0 Å². The van der Waals surface area contributed by atoms with Crippen molar-refractivity contribution in [2.75, 3.05) is 5.32 Å². The number of halogens is 1. The molecule has 3 N–H and O–H groups in total. The summed E-state index contributed by atoms with van der Waals surface area (Å²) in [4.78, 5) is 12.1. The van der Waals surface area contributed by atoms with Gasteiger partial charge in [0.2, 0.25) is 10.0 Å². The molecule has 0 aromatic heterocycles. The van der Waals surface area contributed by atoms with Gasteiger partial charge in [0, 0.05) is 21.8 Å². The summed E-state index contributed by atoms with van der Waals surface area (Å²) in [5.41, 5.74) is 2.33. The van der Waals surface area contributed by atoms with Crippen molar-refractivity contribution in [3.8, 4) is 0 Å². The van der Waals surface area contributed by atoms with Crippen molar-refractivity contribution in [3.63, 3.8) is 0 Å². The number of benzene rings is 2. The molecule has 2 aromatic carbocycles. The number of hydrogen-bond acceptors (Lipinski definition) is 3. The number of rotatable bonds is 2. The maximum absolute atomic E-state index is 12.1. The van der Waals surface area contributed by atoms with E-state index in [0.717, 1.165) is 0 Å². The Morgan fingerprint density at radius 1 is 1.14 bits per heavy atom. The first-order chi connectivity index (χ1) is 10.3. The summed E-state index contributed by atoms with van der Waals surface area (Å²) in [7, 11) is -3.79. The predicted molar refractivity (Wildman–Crippen MR) is 85.8 cm³/mol. The number of anilines is 1. The fraction of sp³-hybridized carbons (Fsp3) is 0. The fourth-order valence-corrected chi connectivity index (χ4v) is 2.99. The highest BCUT2D eigenvalue weighted by atomic mass is 35.5. The molecule has 0 fully saturated rings. The van der Waals surface area contributed by atoms with Crippen LogP contribution in [0.4, 0.5) is 5.69 Å². The fourth-order valence-electron chi connectivity index (χ4n) is 2.25. The van der Waals surface area contributed by atoms with Crippen molar-refractivity contribution in [2.24, 2.45) is 5.14 Å². The van der Waals surface area contributed by atoms with Gasteiger partial charge in [-0.1, -0.05) is 23.7 Å². The summed E-state index contributed by atoms with van der Waals surface area (Å²) in [5, 5.41) is 8.36. The molecule has 1 aliphatic heterocycles. The quantitative estimate of drug-likeness (QED) is 0.827. The monoisotopic (exact) mass is 334 g/mol. The number of primary sulfonamides is 1. The molecule has 0 unspecified atom stereocenters. The van der Waals surface area contributed by atoms with Gasteiger partial charge >= 0.3 is 0 Å². The third-order valence-electron chi connectivity index (χ3n) is 3.26. The smallest absolute Gasteiger partial charge is 0.256 e. The Kier molecular flexibility index (Phi) is 3.52. The van der Waals surface area contributed by atoms with Crippen LogP contribution in [0.15, 0.2) is 47.4 Å². The van der Waals surface area contributed by atoms with Gasteiger partial charge in [-0.15, -0.1) is 0 Å². The number of carbonyl (C=O) groups is 1. The van der Waals surface area contributed by atoms with Crippen LogP contribution in [0.1, 0.15) is 11.1 Å². The Bertz CT molecular complexity index is 920. The first kappa shape index (κ1) is 14.8. The molecular weight excluding hydrogens is 324 g/mol. The minimum absolute atomic E-state index is 0.00780. The first-order valence-corrected chi connectivity index (χ1v) is 8.23. The van der Waals surface area contributed by atoms with Gasteiger partial charge in [-0.05, 0) is 42.0 Å². The summed E-state index contributed by atoms with van der Waals surface area (Å²) in [5.74, 6) is -0.265. The third-order valence-corrected chi connectivity index (χ3v) is 4.41. The summed E-state index contributed by atoms with van der Waals surface area (Å²) in [6.07, 6.45) is 1.60. The average molecular weight is 335 g/mol. The normalized spacial score (nSPS) is 15.7. The average Bonchev–Trinajstić information content (AvgIpc) is 2.75. The molecule has 5 nitrogen and oxygen atoms in total. The van der Waals surface area contributed by atoms with E-state index in [4.69, 9.17) is 16.7 Å². The predicted octanol–water partition coefficient (Wildman–Crippen LogP) is 2.48. The van der Waals surface area contributed by atoms with Gasteiger partial charge in [-0.3, -0.25) is 4.79 Å². The van der Waals surface area contributed by atoms with Gasteiger partial charge in [0.1, 0.15) is 0 Å². The summed E-state index contributed by atoms with van der Waals surface area (Å²) >= 11 is 5.96. The van der Waals surface area contributed by atoms with Crippen molar-refractivity contribution in [3.05, 3.63) is 58.6 Å². The molecule has 7 heteroatoms. The third kappa shape index (κ3) is 2.76. The van der Waals surface area contributed by atoms with Crippen LogP contribution < -0.4 is 10.5 Å². The second kappa shape index (κ2) is 5.24. The summed E-state index contributed by atoms with van der Waals surface area (Å²) in [6.45, 7) is 0. The Labute approximate surface area is 132 Å². The molecule has 1 heterocycles. The lowest BCUT2D eigenvalue weighted by molar-refractivity contribution is -0.110. The molecule has 0 spiro atoms. The summed E-state index contributed by atoms with van der Waals surface area (Å²) < 4.78 is 22.8. The topological polar surface area (TPSA) is 89.3 Å². The van der Waals surface area contributed by atoms with Crippen LogP contribution in [0.25, 0.3) is 11.6 Å². The van der Waals surface area contributed by atoms with Gasteiger partial charge in [0.05, 0.1) is 4.90 Å². The number of fused-ring (bicyclic) bond motifs is 1. The second-order valence-corrected chi connectivity index (χ2v) is 6.82. The van der Waals surface area contributed by atoms with Gasteiger partial charge in [0.15, 0.2) is 0 Å². The summed E-state index contributed by atoms with van der Waals surface area (Å²) in [6, 6.07) is 11.2. The minimum atomic E-state index is -3.79. The number of hydrogen-bond donors (Lipinski definition) is 2. The molecule has 112 valence electrons. The maximum atomic E-state index is 12.1. The lowest BCUT2D eigenvalue weighted by Gasteiger charge is -2.02. The van der Waals surface area contributed by atoms with E-state index in [0.29, 0.717) is 27.4 Å². The lowest BCUT2D eigenvalue weighted by atomic mass is 10.0. The highest BCUT2D eigenvalue weighted by Crippen LogP contribution is 2.35. The molecule has 1 amide bonds. The van der Waals surface area contributed by atoms with E-state index in [1.165, 1.54) is 12.1 Å². The zero-order valence-corrected chi connectivity index (χ0v) is 12.8. The van der Waals surface area contributed by atoms with Crippen LogP contribution in [0, 0.1) is 0 Å². The second-order valence-electron chi connectivity index (χ2n) is 4.82. The van der Waals surface area contributed by atoms with Crippen molar-refractivity contribution < 1.29 is 13.2 Å². The lowest BCUT2D eigenvalue weighted by Crippen LogP contribution is -2.12. The highest BCUT2D eigenvalue weighted by Gasteiger charge is 2.24. The first-order valence-electron chi connectivity index (χ1n) is 6.30. The largest absolute Gasteiger partial charge is 0.321 e. The van der Waals surface area contributed by atoms with Crippen LogP contribution in [0.3, 0.4) is 0 Å². The van der Waals surface area contributed by atoms with Crippen molar-refractivity contribution in [1.82, 2.24) is 0 Å². The van der Waals surface area contributed by atoms with Gasteiger partial charge in [-0.2, -0.15) is 0 Å². The van der Waals surface area contributed by atoms with Crippen LogP contribution >= 0.6 is 11.6 Å². The van der Waals surface area contributed by atoms with E-state index < -0.39 is 10.0 Å². The Morgan fingerprint density at radius 2 is 1.91 bits per heavy atom. The number of carbonyl (C=O) groups excluding carboxylic acids is 1. The van der Waals surface area contributed by atoms with Gasteiger partial charge < -0.3 is 5.32 Å². The van der Waals surface area contributed by atoms with E-state index in [2.05, 4.69) is 5.32 Å². The van der Waals surface area contributed by atoms with Crippen molar-refractivity contribution in [1.29, 1.82) is 0 Å². The molecule has 0 bridgehead atoms. The Hall–Kier alpha value is -2.15. The SMILES string of the molecule is NS(=O)(=O)c1cccc(C=C2C(=O)Nc3ccc(Cl)cc32)c1. The van der Waals surface area contributed by atoms with Gasteiger partial charge in [0.25, 0.3) is 5.91 Å². The standard InChI is InChI=1S/C15H11ClN2O3S/c16-10-4-5-14-12(8-10)13(15(19)18-14)7-9-2-1-3-11(6-9)22(17,20)21/h1-8H,(H,18,19)(H2,17,20,21). The zero-order chi connectivity index (χ0) is 15.9. The molecular formula is C15H11ClN2O3S. The Balaban J connectivity index is 2.11.